The number of nitrogens with zero attached hydrogens (tertiary/aromatic N) is 2. The molecule has 88 valence electrons. The van der Waals surface area contributed by atoms with Gasteiger partial charge < -0.3 is 29.6 Å². The van der Waals surface area contributed by atoms with Gasteiger partial charge in [-0.25, -0.2) is 4.99 Å². The zero-order valence-corrected chi connectivity index (χ0v) is 9.78. The van der Waals surface area contributed by atoms with E-state index < -0.39 is 0 Å². The van der Waals surface area contributed by atoms with Crippen LogP contribution in [0.25, 0.3) is 0 Å². The molecule has 1 aromatic rings. The van der Waals surface area contributed by atoms with Crippen molar-refractivity contribution in [2.75, 3.05) is 0 Å². The molecule has 0 aromatic heterocycles. The van der Waals surface area contributed by atoms with Crippen molar-refractivity contribution in [3.8, 4) is 0 Å². The monoisotopic (exact) mass is 240 g/mol. The maximum Gasteiger partial charge on any atom is 0.223 e. The van der Waals surface area contributed by atoms with Gasteiger partial charge >= 0.3 is 0 Å². The average Bonchev–Trinajstić information content (AvgIpc) is 2.17. The van der Waals surface area contributed by atoms with Crippen molar-refractivity contribution >= 4 is 17.6 Å². The molecule has 0 atom stereocenters. The number of rotatable bonds is 2. The SMILES string of the molecule is CCc1ccc(N=C(N)N=C(N)N)cc1.[Cl-]. The van der Waals surface area contributed by atoms with Gasteiger partial charge in [-0.05, 0) is 24.1 Å². The van der Waals surface area contributed by atoms with E-state index in [0.29, 0.717) is 0 Å². The van der Waals surface area contributed by atoms with Gasteiger partial charge in [-0.1, -0.05) is 19.1 Å². The molecular formula is C10H15ClN5-. The van der Waals surface area contributed by atoms with E-state index in [2.05, 4.69) is 16.9 Å². The Labute approximate surface area is 101 Å². The fourth-order valence-corrected chi connectivity index (χ4v) is 1.10. The second kappa shape index (κ2) is 6.68. The Morgan fingerprint density at radius 2 is 1.69 bits per heavy atom. The maximum atomic E-state index is 5.48. The number of aliphatic imine (C=N–C) groups is 2. The fourth-order valence-electron chi connectivity index (χ4n) is 1.10. The highest BCUT2D eigenvalue weighted by atomic mass is 35.5. The van der Waals surface area contributed by atoms with Crippen LogP contribution in [0.1, 0.15) is 12.5 Å². The third-order valence-corrected chi connectivity index (χ3v) is 1.83. The Bertz CT molecular complexity index is 379. The van der Waals surface area contributed by atoms with E-state index in [1.54, 1.807) is 0 Å². The first-order valence-electron chi connectivity index (χ1n) is 4.64. The minimum Gasteiger partial charge on any atom is -1.00 e. The van der Waals surface area contributed by atoms with Crippen molar-refractivity contribution in [3.05, 3.63) is 29.8 Å². The van der Waals surface area contributed by atoms with Crippen molar-refractivity contribution < 1.29 is 12.4 Å². The molecule has 0 aliphatic carbocycles. The minimum atomic E-state index is -0.0959. The summed E-state index contributed by atoms with van der Waals surface area (Å²) in [5, 5.41) is 0. The number of guanidine groups is 2. The number of aryl methyl sites for hydroxylation is 1. The first-order chi connectivity index (χ1) is 7.11. The van der Waals surface area contributed by atoms with Crippen LogP contribution < -0.4 is 29.6 Å². The van der Waals surface area contributed by atoms with Crippen LogP contribution in [-0.4, -0.2) is 11.9 Å². The average molecular weight is 241 g/mol. The molecule has 0 saturated heterocycles. The molecule has 0 spiro atoms. The summed E-state index contributed by atoms with van der Waals surface area (Å²) in [4.78, 5) is 7.64. The molecule has 0 unspecified atom stereocenters. The molecule has 0 bridgehead atoms. The second-order valence-corrected chi connectivity index (χ2v) is 3.03. The van der Waals surface area contributed by atoms with E-state index in [0.717, 1.165) is 12.1 Å². The number of hydrogen-bond donors (Lipinski definition) is 3. The van der Waals surface area contributed by atoms with Gasteiger partial charge in [-0.2, -0.15) is 4.99 Å². The molecule has 0 saturated carbocycles. The van der Waals surface area contributed by atoms with E-state index in [9.17, 15) is 0 Å². The summed E-state index contributed by atoms with van der Waals surface area (Å²) < 4.78 is 0. The summed E-state index contributed by atoms with van der Waals surface area (Å²) in [5.41, 5.74) is 17.8. The molecule has 6 heteroatoms. The van der Waals surface area contributed by atoms with E-state index in [1.165, 1.54) is 5.56 Å². The van der Waals surface area contributed by atoms with Gasteiger partial charge in [-0.15, -0.1) is 0 Å². The van der Waals surface area contributed by atoms with Crippen LogP contribution in [0.3, 0.4) is 0 Å². The molecule has 0 aliphatic rings. The van der Waals surface area contributed by atoms with Crippen molar-refractivity contribution in [3.63, 3.8) is 0 Å². The Morgan fingerprint density at radius 3 is 2.12 bits per heavy atom. The van der Waals surface area contributed by atoms with Crippen LogP contribution in [0.4, 0.5) is 5.69 Å². The van der Waals surface area contributed by atoms with Gasteiger partial charge in [0.15, 0.2) is 5.96 Å². The van der Waals surface area contributed by atoms with Gasteiger partial charge in [0.25, 0.3) is 0 Å². The van der Waals surface area contributed by atoms with Gasteiger partial charge in [0.1, 0.15) is 0 Å². The molecule has 0 radical (unpaired) electrons. The van der Waals surface area contributed by atoms with Gasteiger partial charge in [0, 0.05) is 0 Å². The lowest BCUT2D eigenvalue weighted by Crippen LogP contribution is -3.00. The molecule has 0 amide bonds. The van der Waals surface area contributed by atoms with Crippen LogP contribution in [0.15, 0.2) is 34.3 Å². The Hall–Kier alpha value is -1.75. The molecule has 0 aliphatic heterocycles. The van der Waals surface area contributed by atoms with E-state index in [1.807, 2.05) is 24.3 Å². The zero-order chi connectivity index (χ0) is 11.3. The molecule has 5 nitrogen and oxygen atoms in total. The highest BCUT2D eigenvalue weighted by Gasteiger charge is 1.93. The standard InChI is InChI=1S/C10H15N5.ClH/c1-2-7-3-5-8(6-4-7)14-10(13)15-9(11)12;/h3-6H,2H2,1H3,(H6,11,12,13,14,15);1H/p-1. The number of halogens is 1. The molecule has 16 heavy (non-hydrogen) atoms. The second-order valence-electron chi connectivity index (χ2n) is 3.03. The molecule has 0 heterocycles. The smallest absolute Gasteiger partial charge is 0.223 e. The number of benzene rings is 1. The van der Waals surface area contributed by atoms with E-state index in [-0.39, 0.29) is 24.3 Å². The van der Waals surface area contributed by atoms with Crippen LogP contribution in [0.5, 0.6) is 0 Å². The number of nitrogens with two attached hydrogens (primary N) is 3. The van der Waals surface area contributed by atoms with Crippen LogP contribution >= 0.6 is 0 Å². The highest BCUT2D eigenvalue weighted by molar-refractivity contribution is 5.93. The highest BCUT2D eigenvalue weighted by Crippen LogP contribution is 2.13. The summed E-state index contributed by atoms with van der Waals surface area (Å²) in [7, 11) is 0. The van der Waals surface area contributed by atoms with Gasteiger partial charge in [0.2, 0.25) is 5.96 Å². The normalized spacial score (nSPS) is 10.4. The van der Waals surface area contributed by atoms with Gasteiger partial charge in [-0.3, -0.25) is 0 Å². The molecule has 1 aromatic carbocycles. The lowest BCUT2D eigenvalue weighted by atomic mass is 10.2. The topological polar surface area (TPSA) is 103 Å². The molecule has 0 fully saturated rings. The Balaban J connectivity index is 0.00000225. The lowest BCUT2D eigenvalue weighted by Gasteiger charge is -1.98. The quantitative estimate of drug-likeness (QED) is 0.392. The molecular weight excluding hydrogens is 226 g/mol. The first kappa shape index (κ1) is 14.2. The Morgan fingerprint density at radius 1 is 1.12 bits per heavy atom. The van der Waals surface area contributed by atoms with Crippen molar-refractivity contribution in [2.45, 2.75) is 13.3 Å². The minimum absolute atomic E-state index is 0. The van der Waals surface area contributed by atoms with Gasteiger partial charge in [0.05, 0.1) is 5.69 Å². The summed E-state index contributed by atoms with van der Waals surface area (Å²) >= 11 is 0. The van der Waals surface area contributed by atoms with Crippen molar-refractivity contribution in [1.29, 1.82) is 0 Å². The first-order valence-corrected chi connectivity index (χ1v) is 4.64. The Kier molecular flexibility index (Phi) is 5.95. The van der Waals surface area contributed by atoms with Crippen LogP contribution in [0, 0.1) is 0 Å². The number of hydrogen-bond acceptors (Lipinski definition) is 1. The molecule has 1 rings (SSSR count). The zero-order valence-electron chi connectivity index (χ0n) is 9.02. The van der Waals surface area contributed by atoms with E-state index in [4.69, 9.17) is 17.2 Å². The predicted molar refractivity (Wildman–Crippen MR) is 62.9 cm³/mol. The summed E-state index contributed by atoms with van der Waals surface area (Å²) in [6.45, 7) is 2.09. The summed E-state index contributed by atoms with van der Waals surface area (Å²) in [6.07, 6.45) is 0.993. The fraction of sp³-hybridized carbons (Fsp3) is 0.200. The van der Waals surface area contributed by atoms with Crippen LogP contribution in [0.2, 0.25) is 0 Å². The largest absolute Gasteiger partial charge is 1.00 e. The van der Waals surface area contributed by atoms with E-state index >= 15 is 0 Å². The van der Waals surface area contributed by atoms with Crippen molar-refractivity contribution in [2.24, 2.45) is 27.2 Å². The lowest BCUT2D eigenvalue weighted by molar-refractivity contribution is -0.00000373. The predicted octanol–water partition coefficient (Wildman–Crippen LogP) is -2.53. The molecule has 6 N–H and O–H groups in total. The summed E-state index contributed by atoms with van der Waals surface area (Å²) in [6, 6.07) is 7.71. The summed E-state index contributed by atoms with van der Waals surface area (Å²) in [5.74, 6) is -0.0410. The maximum absolute atomic E-state index is 5.48. The third-order valence-electron chi connectivity index (χ3n) is 1.83. The third kappa shape index (κ3) is 4.65. The van der Waals surface area contributed by atoms with Crippen LogP contribution in [-0.2, 0) is 6.42 Å². The van der Waals surface area contributed by atoms with Crippen molar-refractivity contribution in [1.82, 2.24) is 0 Å².